The molecule has 0 fully saturated rings. The molecule has 0 unspecified atom stereocenters. The number of aliphatic imine (C=N–C) groups is 1. The normalized spacial score (nSPS) is 11.8. The van der Waals surface area contributed by atoms with Gasteiger partial charge in [-0.05, 0) is 36.8 Å². The third kappa shape index (κ3) is 3.44. The van der Waals surface area contributed by atoms with Gasteiger partial charge in [0.05, 0.1) is 5.69 Å². The van der Waals surface area contributed by atoms with Crippen LogP contribution in [0.1, 0.15) is 11.3 Å². The predicted octanol–water partition coefficient (Wildman–Crippen LogP) is 2.61. The van der Waals surface area contributed by atoms with E-state index in [1.165, 1.54) is 5.56 Å². The summed E-state index contributed by atoms with van der Waals surface area (Å²) in [5.41, 5.74) is 10.0. The number of nitrogens with two attached hydrogens (primary N) is 1. The molecule has 0 aliphatic heterocycles. The van der Waals surface area contributed by atoms with Gasteiger partial charge in [0.2, 0.25) is 0 Å². The van der Waals surface area contributed by atoms with Gasteiger partial charge in [-0.3, -0.25) is 4.99 Å². The topological polar surface area (TPSA) is 67.7 Å². The lowest BCUT2D eigenvalue weighted by Crippen LogP contribution is -2.23. The monoisotopic (exact) mass is 293 g/mol. The lowest BCUT2D eigenvalue weighted by molar-refractivity contribution is 0.934. The summed E-state index contributed by atoms with van der Waals surface area (Å²) in [5, 5.41) is 3.10. The minimum Gasteiger partial charge on any atom is -0.370 e. The van der Waals surface area contributed by atoms with Crippen LogP contribution in [0.4, 0.5) is 5.69 Å². The third-order valence-corrected chi connectivity index (χ3v) is 3.35. The van der Waals surface area contributed by atoms with Crippen LogP contribution in [0.2, 0.25) is 0 Å². The summed E-state index contributed by atoms with van der Waals surface area (Å²) >= 11 is 0. The van der Waals surface area contributed by atoms with E-state index in [9.17, 15) is 0 Å². The predicted molar refractivity (Wildman–Crippen MR) is 90.2 cm³/mol. The minimum absolute atomic E-state index is 0.425. The molecule has 5 nitrogen and oxygen atoms in total. The Morgan fingerprint density at radius 2 is 2.18 bits per heavy atom. The molecule has 112 valence electrons. The summed E-state index contributed by atoms with van der Waals surface area (Å²) in [6, 6.07) is 14.0. The van der Waals surface area contributed by atoms with Gasteiger partial charge in [-0.2, -0.15) is 0 Å². The van der Waals surface area contributed by atoms with Gasteiger partial charge in [-0.25, -0.2) is 4.98 Å². The number of guanidine groups is 1. The Kier molecular flexibility index (Phi) is 4.05. The van der Waals surface area contributed by atoms with Crippen LogP contribution in [0, 0.1) is 6.92 Å². The summed E-state index contributed by atoms with van der Waals surface area (Å²) in [4.78, 5) is 8.89. The van der Waals surface area contributed by atoms with E-state index in [0.717, 1.165) is 23.4 Å². The Hall–Kier alpha value is -2.82. The maximum Gasteiger partial charge on any atom is 0.193 e. The fourth-order valence-corrected chi connectivity index (χ4v) is 2.31. The summed E-state index contributed by atoms with van der Waals surface area (Å²) in [7, 11) is 0. The fraction of sp³-hybridized carbons (Fsp3) is 0.176. The Morgan fingerprint density at radius 1 is 1.27 bits per heavy atom. The minimum atomic E-state index is 0.425. The van der Waals surface area contributed by atoms with Crippen molar-refractivity contribution in [1.82, 2.24) is 9.38 Å². The van der Waals surface area contributed by atoms with Crippen LogP contribution >= 0.6 is 0 Å². The highest BCUT2D eigenvalue weighted by Crippen LogP contribution is 2.09. The standard InChI is InChI=1S/C17H19N5/c1-13-5-4-6-14(11-13)21-17(18)19-9-8-15-12-22-10-3-2-7-16(22)20-15/h2-7,10-12H,8-9H2,1H3,(H3,18,19,21). The molecule has 0 atom stereocenters. The van der Waals surface area contributed by atoms with E-state index in [2.05, 4.69) is 15.3 Å². The average Bonchev–Trinajstić information content (AvgIpc) is 2.90. The van der Waals surface area contributed by atoms with Crippen molar-refractivity contribution in [2.75, 3.05) is 11.9 Å². The molecule has 3 N–H and O–H groups in total. The van der Waals surface area contributed by atoms with E-state index in [1.807, 2.05) is 66.2 Å². The van der Waals surface area contributed by atoms with Crippen molar-refractivity contribution in [3.8, 4) is 0 Å². The summed E-state index contributed by atoms with van der Waals surface area (Å²) in [6.45, 7) is 2.65. The van der Waals surface area contributed by atoms with Gasteiger partial charge in [0.15, 0.2) is 5.96 Å². The molecule has 0 radical (unpaired) electrons. The van der Waals surface area contributed by atoms with Gasteiger partial charge in [0.25, 0.3) is 0 Å². The lowest BCUT2D eigenvalue weighted by Gasteiger charge is -2.05. The summed E-state index contributed by atoms with van der Waals surface area (Å²) in [5.74, 6) is 0.425. The Morgan fingerprint density at radius 3 is 3.00 bits per heavy atom. The number of rotatable bonds is 4. The van der Waals surface area contributed by atoms with Gasteiger partial charge >= 0.3 is 0 Å². The van der Waals surface area contributed by atoms with E-state index in [0.29, 0.717) is 12.5 Å². The van der Waals surface area contributed by atoms with Crippen molar-refractivity contribution < 1.29 is 0 Å². The van der Waals surface area contributed by atoms with Gasteiger partial charge in [-0.1, -0.05) is 18.2 Å². The number of hydrogen-bond acceptors (Lipinski definition) is 2. The second kappa shape index (κ2) is 6.30. The van der Waals surface area contributed by atoms with Gasteiger partial charge < -0.3 is 15.5 Å². The number of hydrogen-bond donors (Lipinski definition) is 2. The number of pyridine rings is 1. The molecule has 0 amide bonds. The number of nitrogens with zero attached hydrogens (tertiary/aromatic N) is 3. The van der Waals surface area contributed by atoms with E-state index < -0.39 is 0 Å². The zero-order chi connectivity index (χ0) is 15.4. The van der Waals surface area contributed by atoms with Crippen LogP contribution in [-0.4, -0.2) is 21.9 Å². The molecule has 22 heavy (non-hydrogen) atoms. The highest BCUT2D eigenvalue weighted by molar-refractivity contribution is 5.92. The molecule has 0 saturated carbocycles. The maximum atomic E-state index is 5.91. The van der Waals surface area contributed by atoms with Crippen LogP contribution in [0.5, 0.6) is 0 Å². The number of aromatic nitrogens is 2. The zero-order valence-electron chi connectivity index (χ0n) is 12.5. The van der Waals surface area contributed by atoms with Crippen molar-refractivity contribution in [3.63, 3.8) is 0 Å². The van der Waals surface area contributed by atoms with E-state index >= 15 is 0 Å². The zero-order valence-corrected chi connectivity index (χ0v) is 12.5. The van der Waals surface area contributed by atoms with Gasteiger partial charge in [0, 0.05) is 31.0 Å². The van der Waals surface area contributed by atoms with Crippen LogP contribution in [-0.2, 0) is 6.42 Å². The first-order chi connectivity index (χ1) is 10.7. The van der Waals surface area contributed by atoms with Gasteiger partial charge in [-0.15, -0.1) is 0 Å². The highest BCUT2D eigenvalue weighted by Gasteiger charge is 2.00. The van der Waals surface area contributed by atoms with Crippen LogP contribution < -0.4 is 11.1 Å². The Bertz CT molecular complexity index is 770. The summed E-state index contributed by atoms with van der Waals surface area (Å²) < 4.78 is 2.01. The maximum absolute atomic E-state index is 5.91. The highest BCUT2D eigenvalue weighted by atomic mass is 15.1. The molecule has 3 aromatic rings. The smallest absolute Gasteiger partial charge is 0.193 e. The molecule has 1 aromatic carbocycles. The Balaban J connectivity index is 1.59. The number of anilines is 1. The van der Waals surface area contributed by atoms with Crippen molar-refractivity contribution in [2.24, 2.45) is 10.7 Å². The Labute approximate surface area is 129 Å². The summed E-state index contributed by atoms with van der Waals surface area (Å²) in [6.07, 6.45) is 4.77. The molecular weight excluding hydrogens is 274 g/mol. The number of nitrogens with one attached hydrogen (secondary N) is 1. The van der Waals surface area contributed by atoms with Crippen LogP contribution in [0.3, 0.4) is 0 Å². The van der Waals surface area contributed by atoms with E-state index in [4.69, 9.17) is 5.73 Å². The molecule has 0 spiro atoms. The van der Waals surface area contributed by atoms with Crippen molar-refractivity contribution in [2.45, 2.75) is 13.3 Å². The molecule has 5 heteroatoms. The molecule has 3 rings (SSSR count). The lowest BCUT2D eigenvalue weighted by atomic mass is 10.2. The molecule has 2 heterocycles. The molecule has 0 aliphatic carbocycles. The van der Waals surface area contributed by atoms with Crippen molar-refractivity contribution in [1.29, 1.82) is 0 Å². The molecule has 0 bridgehead atoms. The van der Waals surface area contributed by atoms with Gasteiger partial charge in [0.1, 0.15) is 5.65 Å². The van der Waals surface area contributed by atoms with E-state index in [1.54, 1.807) is 0 Å². The second-order valence-corrected chi connectivity index (χ2v) is 5.21. The average molecular weight is 293 g/mol. The number of fused-ring (bicyclic) bond motifs is 1. The number of aryl methyl sites for hydroxylation is 1. The first kappa shape index (κ1) is 14.1. The van der Waals surface area contributed by atoms with Crippen LogP contribution in [0.25, 0.3) is 5.65 Å². The quantitative estimate of drug-likeness (QED) is 0.574. The molecule has 0 aliphatic rings. The second-order valence-electron chi connectivity index (χ2n) is 5.21. The molecule has 2 aromatic heterocycles. The van der Waals surface area contributed by atoms with Crippen LogP contribution in [0.15, 0.2) is 59.9 Å². The van der Waals surface area contributed by atoms with E-state index in [-0.39, 0.29) is 0 Å². The van der Waals surface area contributed by atoms with Crippen molar-refractivity contribution in [3.05, 3.63) is 66.1 Å². The largest absolute Gasteiger partial charge is 0.370 e. The third-order valence-electron chi connectivity index (χ3n) is 3.35. The van der Waals surface area contributed by atoms with Crippen molar-refractivity contribution >= 4 is 17.3 Å². The molecular formula is C17H19N5. The number of benzene rings is 1. The molecule has 0 saturated heterocycles. The number of imidazole rings is 1. The first-order valence-electron chi connectivity index (χ1n) is 7.27. The SMILES string of the molecule is Cc1cccc(NC(N)=NCCc2cn3ccccc3n2)c1. The first-order valence-corrected chi connectivity index (χ1v) is 7.27. The fourth-order valence-electron chi connectivity index (χ4n) is 2.31.